The van der Waals surface area contributed by atoms with Gasteiger partial charge >= 0.3 is 18.6 Å². The third-order valence-electron chi connectivity index (χ3n) is 7.45. The van der Waals surface area contributed by atoms with E-state index in [1.807, 2.05) is 0 Å². The summed E-state index contributed by atoms with van der Waals surface area (Å²) in [6.45, 7) is -3.36. The van der Waals surface area contributed by atoms with E-state index in [-0.39, 0.29) is 68.6 Å². The van der Waals surface area contributed by atoms with Gasteiger partial charge in [-0.25, -0.2) is 18.0 Å². The van der Waals surface area contributed by atoms with Crippen molar-refractivity contribution in [3.63, 3.8) is 0 Å². The van der Waals surface area contributed by atoms with Crippen LogP contribution < -0.4 is 23.7 Å². The highest BCUT2D eigenvalue weighted by Gasteiger charge is 2.27. The molecule has 1 aromatic heterocycles. The molecule has 0 saturated heterocycles. The molecule has 2 fully saturated rings. The zero-order valence-corrected chi connectivity index (χ0v) is 28.4. The number of nitrogens with one attached hydrogen (secondary N) is 1. The molecule has 0 radical (unpaired) electrons. The number of carbonyl (C=O) groups excluding carboxylic acids is 2. The highest BCUT2D eigenvalue weighted by atomic mass is 35.5. The summed E-state index contributed by atoms with van der Waals surface area (Å²) in [5.41, 5.74) is 0.646. The molecule has 2 aliphatic rings. The van der Waals surface area contributed by atoms with Gasteiger partial charge in [0.1, 0.15) is 21.9 Å². The Bertz CT molecular complexity index is 1780. The first-order valence-corrected chi connectivity index (χ1v) is 17.8. The molecule has 264 valence electrons. The first-order valence-electron chi connectivity index (χ1n) is 15.1. The van der Waals surface area contributed by atoms with Crippen molar-refractivity contribution in [1.29, 1.82) is 0 Å². The normalized spacial score (nSPS) is 15.0. The fraction of sp³-hybridized carbons (Fsp3) is 0.406. The summed E-state index contributed by atoms with van der Waals surface area (Å²) < 4.78 is 79.6. The predicted octanol–water partition coefficient (Wildman–Crippen LogP) is 5.86. The number of rotatable bonds is 17. The van der Waals surface area contributed by atoms with Crippen LogP contribution in [0.5, 0.6) is 17.2 Å². The van der Waals surface area contributed by atoms with E-state index in [0.717, 1.165) is 44.3 Å². The first-order chi connectivity index (χ1) is 23.2. The van der Waals surface area contributed by atoms with Crippen molar-refractivity contribution in [3.05, 3.63) is 80.7 Å². The molecule has 12 nitrogen and oxygen atoms in total. The number of halogens is 4. The van der Waals surface area contributed by atoms with Crippen LogP contribution in [0, 0.1) is 17.0 Å². The number of sulfonamides is 1. The van der Waals surface area contributed by atoms with Crippen molar-refractivity contribution in [2.24, 2.45) is 11.8 Å². The van der Waals surface area contributed by atoms with Gasteiger partial charge in [0, 0.05) is 12.0 Å². The third-order valence-corrected chi connectivity index (χ3v) is 8.70. The molecule has 0 aliphatic heterocycles. The van der Waals surface area contributed by atoms with E-state index in [0.29, 0.717) is 17.3 Å². The molecule has 0 bridgehead atoms. The largest absolute Gasteiger partial charge is 0.619 e. The lowest BCUT2D eigenvalue weighted by atomic mass is 10.0. The minimum absolute atomic E-state index is 0.00616. The molecule has 0 unspecified atom stereocenters. The highest BCUT2D eigenvalue weighted by molar-refractivity contribution is 7.92. The summed E-state index contributed by atoms with van der Waals surface area (Å²) in [6.07, 6.45) is 5.59. The van der Waals surface area contributed by atoms with Crippen LogP contribution in [-0.4, -0.2) is 53.0 Å². The van der Waals surface area contributed by atoms with E-state index < -0.39 is 41.3 Å². The standard InChI is InChI=1S/C32H32Cl2F2N2O10S/c1-49(42,43)37-25-8-6-21(11-28(25)44-15-18-2-3-18)31(40)46-17-30(39)47-27(12-22-23(33)13-38(41)14-24(22)34)20-7-9-26(48-32(35)36)29(10-20)45-16-19-4-5-19/h6-11,13-14,18-19,27,32,37H,2-5,12,15-17H2,1H3/t27-/m0/s1. The monoisotopic (exact) mass is 744 g/mol. The lowest BCUT2D eigenvalue weighted by Gasteiger charge is -2.21. The Labute approximate surface area is 290 Å². The van der Waals surface area contributed by atoms with Crippen LogP contribution in [0.15, 0.2) is 48.8 Å². The van der Waals surface area contributed by atoms with Gasteiger partial charge in [0.2, 0.25) is 10.0 Å². The third kappa shape index (κ3) is 11.0. The number of carbonyl (C=O) groups is 2. The second-order valence-corrected chi connectivity index (χ2v) is 14.3. The molecule has 1 N–H and O–H groups in total. The first kappa shape index (κ1) is 36.2. The molecule has 17 heteroatoms. The molecule has 0 spiro atoms. The number of nitrogens with zero attached hydrogens (tertiary/aromatic N) is 1. The van der Waals surface area contributed by atoms with Crippen molar-refractivity contribution < 1.29 is 55.2 Å². The smallest absolute Gasteiger partial charge is 0.387 e. The average Bonchev–Trinajstić information content (AvgIpc) is 3.95. The average molecular weight is 746 g/mol. The van der Waals surface area contributed by atoms with Crippen molar-refractivity contribution >= 4 is 50.9 Å². The molecular weight excluding hydrogens is 713 g/mol. The lowest BCUT2D eigenvalue weighted by molar-refractivity contribution is -0.605. The van der Waals surface area contributed by atoms with Crippen molar-refractivity contribution in [3.8, 4) is 17.2 Å². The maximum absolute atomic E-state index is 13.1. The van der Waals surface area contributed by atoms with Gasteiger partial charge in [-0.1, -0.05) is 29.3 Å². The Morgan fingerprint density at radius 1 is 0.959 bits per heavy atom. The maximum atomic E-state index is 13.1. The Morgan fingerprint density at radius 2 is 1.59 bits per heavy atom. The fourth-order valence-corrected chi connectivity index (χ4v) is 5.77. The number of esters is 2. The van der Waals surface area contributed by atoms with Gasteiger partial charge in [-0.2, -0.15) is 13.5 Å². The lowest BCUT2D eigenvalue weighted by Crippen LogP contribution is -2.26. The zero-order valence-electron chi connectivity index (χ0n) is 26.0. The van der Waals surface area contributed by atoms with Crippen molar-refractivity contribution in [1.82, 2.24) is 0 Å². The second-order valence-electron chi connectivity index (χ2n) is 11.7. The number of pyridine rings is 1. The van der Waals surface area contributed by atoms with E-state index in [1.165, 1.54) is 36.4 Å². The molecule has 2 aliphatic carbocycles. The number of benzene rings is 2. The minimum atomic E-state index is -3.65. The zero-order chi connectivity index (χ0) is 35.3. The number of hydrogen-bond acceptors (Lipinski definition) is 10. The molecule has 0 amide bonds. The van der Waals surface area contributed by atoms with Crippen LogP contribution in [0.1, 0.15) is 53.3 Å². The van der Waals surface area contributed by atoms with Crippen molar-refractivity contribution in [2.75, 3.05) is 30.8 Å². The molecule has 2 aromatic carbocycles. The minimum Gasteiger partial charge on any atom is -0.619 e. The quantitative estimate of drug-likeness (QED) is 0.101. The Balaban J connectivity index is 1.33. The van der Waals surface area contributed by atoms with Crippen LogP contribution in [0.4, 0.5) is 14.5 Å². The Kier molecular flexibility index (Phi) is 11.6. The second kappa shape index (κ2) is 15.6. The van der Waals surface area contributed by atoms with E-state index >= 15 is 0 Å². The molecule has 1 atom stereocenters. The predicted molar refractivity (Wildman–Crippen MR) is 173 cm³/mol. The summed E-state index contributed by atoms with van der Waals surface area (Å²) in [5, 5.41) is 11.8. The van der Waals surface area contributed by atoms with Crippen LogP contribution in [0.3, 0.4) is 0 Å². The number of aromatic nitrogens is 1. The molecule has 5 rings (SSSR count). The molecule has 49 heavy (non-hydrogen) atoms. The molecule has 1 heterocycles. The summed E-state index contributed by atoms with van der Waals surface area (Å²) >= 11 is 12.6. The summed E-state index contributed by atoms with van der Waals surface area (Å²) in [5.74, 6) is -1.42. The van der Waals surface area contributed by atoms with Gasteiger partial charge in [-0.05, 0) is 73.4 Å². The number of anilines is 1. The topological polar surface area (TPSA) is 153 Å². The number of ether oxygens (including phenoxy) is 5. The van der Waals surface area contributed by atoms with Gasteiger partial charge in [-0.15, -0.1) is 0 Å². The number of alkyl halides is 2. The van der Waals surface area contributed by atoms with Crippen LogP contribution in [0.2, 0.25) is 10.0 Å². The maximum Gasteiger partial charge on any atom is 0.387 e. The van der Waals surface area contributed by atoms with Crippen LogP contribution >= 0.6 is 23.2 Å². The van der Waals surface area contributed by atoms with Gasteiger partial charge in [-0.3, -0.25) is 4.72 Å². The van der Waals surface area contributed by atoms with E-state index in [9.17, 15) is 32.0 Å². The summed E-state index contributed by atoms with van der Waals surface area (Å²) in [7, 11) is -3.65. The number of hydrogen-bond donors (Lipinski definition) is 1. The van der Waals surface area contributed by atoms with E-state index in [4.69, 9.17) is 42.1 Å². The van der Waals surface area contributed by atoms with Gasteiger partial charge in [0.05, 0.1) is 30.7 Å². The van der Waals surface area contributed by atoms with Gasteiger partial charge < -0.3 is 28.9 Å². The fourth-order valence-electron chi connectivity index (χ4n) is 4.61. The van der Waals surface area contributed by atoms with Crippen molar-refractivity contribution in [2.45, 2.75) is 44.8 Å². The van der Waals surface area contributed by atoms with E-state index in [1.54, 1.807) is 0 Å². The molecule has 3 aromatic rings. The van der Waals surface area contributed by atoms with Crippen LogP contribution in [-0.2, 0) is 30.7 Å². The summed E-state index contributed by atoms with van der Waals surface area (Å²) in [6, 6.07) is 7.98. The Morgan fingerprint density at radius 3 is 2.18 bits per heavy atom. The van der Waals surface area contributed by atoms with Gasteiger partial charge in [0.25, 0.3) is 0 Å². The SMILES string of the molecule is CS(=O)(=O)Nc1ccc(C(=O)OCC(=O)O[C@@H](Cc2c(Cl)c[n+]([O-])cc2Cl)c2ccc(OC(F)F)c(OCC3CC3)c2)cc1OCC1CC1. The highest BCUT2D eigenvalue weighted by Crippen LogP contribution is 2.38. The van der Waals surface area contributed by atoms with Gasteiger partial charge in [0.15, 0.2) is 30.5 Å². The summed E-state index contributed by atoms with van der Waals surface area (Å²) in [4.78, 5) is 26.0. The van der Waals surface area contributed by atoms with E-state index in [2.05, 4.69) is 9.46 Å². The molecule has 2 saturated carbocycles. The Hall–Kier alpha value is -4.08. The van der Waals surface area contributed by atoms with Crippen LogP contribution in [0.25, 0.3) is 0 Å². The molecular formula is C32H32Cl2F2N2O10S.